The van der Waals surface area contributed by atoms with Crippen LogP contribution < -0.4 is 11.1 Å². The van der Waals surface area contributed by atoms with Crippen molar-refractivity contribution in [2.75, 3.05) is 13.7 Å². The van der Waals surface area contributed by atoms with Gasteiger partial charge in [-0.15, -0.1) is 0 Å². The van der Waals surface area contributed by atoms with Gasteiger partial charge in [0.25, 0.3) is 0 Å². The van der Waals surface area contributed by atoms with Crippen molar-refractivity contribution in [2.24, 2.45) is 11.7 Å². The van der Waals surface area contributed by atoms with Crippen molar-refractivity contribution in [3.8, 4) is 0 Å². The zero-order valence-electron chi connectivity index (χ0n) is 10.6. The van der Waals surface area contributed by atoms with Gasteiger partial charge in [-0.25, -0.2) is 0 Å². The fourth-order valence-corrected chi connectivity index (χ4v) is 2.13. The van der Waals surface area contributed by atoms with E-state index in [0.29, 0.717) is 12.5 Å². The standard InChI is InChI=1S/C12H24N2O2/c1-4-5-9(2)16-8-12(14-3,11(13)15)10-6-7-10/h9-10,14H,4-8H2,1-3H3,(H2,13,15). The molecule has 0 radical (unpaired) electrons. The van der Waals surface area contributed by atoms with Gasteiger partial charge in [0.05, 0.1) is 12.7 Å². The highest BCUT2D eigenvalue weighted by Gasteiger charge is 2.49. The number of primary amides is 1. The van der Waals surface area contributed by atoms with Crippen LogP contribution in [-0.2, 0) is 9.53 Å². The molecule has 1 fully saturated rings. The van der Waals surface area contributed by atoms with Crippen molar-refractivity contribution < 1.29 is 9.53 Å². The SMILES string of the molecule is CCCC(C)OCC(NC)(C(N)=O)C1CC1. The van der Waals surface area contributed by atoms with Crippen LogP contribution in [0.25, 0.3) is 0 Å². The van der Waals surface area contributed by atoms with Crippen LogP contribution in [0.5, 0.6) is 0 Å². The third-order valence-electron chi connectivity index (χ3n) is 3.45. The van der Waals surface area contributed by atoms with E-state index in [2.05, 4.69) is 12.2 Å². The lowest BCUT2D eigenvalue weighted by molar-refractivity contribution is -0.129. The molecule has 1 aliphatic rings. The Balaban J connectivity index is 2.53. The summed E-state index contributed by atoms with van der Waals surface area (Å²) in [7, 11) is 1.79. The summed E-state index contributed by atoms with van der Waals surface area (Å²) in [6.07, 6.45) is 4.43. The highest BCUT2D eigenvalue weighted by Crippen LogP contribution is 2.39. The summed E-state index contributed by atoms with van der Waals surface area (Å²) in [5, 5.41) is 3.07. The van der Waals surface area contributed by atoms with Crippen molar-refractivity contribution in [3.05, 3.63) is 0 Å². The normalized spacial score (nSPS) is 21.4. The zero-order valence-corrected chi connectivity index (χ0v) is 10.6. The minimum absolute atomic E-state index is 0.191. The third kappa shape index (κ3) is 2.95. The lowest BCUT2D eigenvalue weighted by Gasteiger charge is -2.31. The van der Waals surface area contributed by atoms with Crippen LogP contribution in [0.4, 0.5) is 0 Å². The lowest BCUT2D eigenvalue weighted by Crippen LogP contribution is -2.59. The van der Waals surface area contributed by atoms with Crippen LogP contribution in [0.15, 0.2) is 0 Å². The Bertz CT molecular complexity index is 241. The van der Waals surface area contributed by atoms with Crippen molar-refractivity contribution in [2.45, 2.75) is 51.2 Å². The maximum Gasteiger partial charge on any atom is 0.240 e. The minimum Gasteiger partial charge on any atom is -0.376 e. The van der Waals surface area contributed by atoms with Gasteiger partial charge in [-0.3, -0.25) is 4.79 Å². The molecule has 0 saturated heterocycles. The summed E-state index contributed by atoms with van der Waals surface area (Å²) >= 11 is 0. The molecule has 0 aromatic rings. The Morgan fingerprint density at radius 3 is 2.62 bits per heavy atom. The second-order valence-corrected chi connectivity index (χ2v) is 4.77. The molecular weight excluding hydrogens is 204 g/mol. The Morgan fingerprint density at radius 2 is 2.25 bits per heavy atom. The largest absolute Gasteiger partial charge is 0.376 e. The molecule has 0 aromatic carbocycles. The van der Waals surface area contributed by atoms with Crippen molar-refractivity contribution in [1.82, 2.24) is 5.32 Å². The third-order valence-corrected chi connectivity index (χ3v) is 3.45. The molecule has 1 rings (SSSR count). The summed E-state index contributed by atoms with van der Waals surface area (Å²) < 4.78 is 5.74. The van der Waals surface area contributed by atoms with Gasteiger partial charge in [0.15, 0.2) is 0 Å². The molecular formula is C12H24N2O2. The highest BCUT2D eigenvalue weighted by atomic mass is 16.5. The first-order chi connectivity index (χ1) is 7.56. The first-order valence-electron chi connectivity index (χ1n) is 6.17. The maximum absolute atomic E-state index is 11.6. The van der Waals surface area contributed by atoms with Crippen LogP contribution in [0.3, 0.4) is 0 Å². The molecule has 2 atom stereocenters. The number of carbonyl (C=O) groups excluding carboxylic acids is 1. The first kappa shape index (κ1) is 13.5. The monoisotopic (exact) mass is 228 g/mol. The van der Waals surface area contributed by atoms with E-state index in [4.69, 9.17) is 10.5 Å². The van der Waals surface area contributed by atoms with Gasteiger partial charge in [0.1, 0.15) is 5.54 Å². The van der Waals surface area contributed by atoms with E-state index in [-0.39, 0.29) is 12.0 Å². The molecule has 3 N–H and O–H groups in total. The average molecular weight is 228 g/mol. The van der Waals surface area contributed by atoms with Crippen LogP contribution in [0.1, 0.15) is 39.5 Å². The number of ether oxygens (including phenoxy) is 1. The summed E-state index contributed by atoms with van der Waals surface area (Å²) in [5.74, 6) is 0.0602. The summed E-state index contributed by atoms with van der Waals surface area (Å²) in [6.45, 7) is 4.56. The van der Waals surface area contributed by atoms with Crippen LogP contribution in [0, 0.1) is 5.92 Å². The summed E-state index contributed by atoms with van der Waals surface area (Å²) in [4.78, 5) is 11.6. The van der Waals surface area contributed by atoms with Gasteiger partial charge in [0.2, 0.25) is 5.91 Å². The van der Waals surface area contributed by atoms with E-state index >= 15 is 0 Å². The molecule has 1 saturated carbocycles. The Hall–Kier alpha value is -0.610. The van der Waals surface area contributed by atoms with E-state index in [0.717, 1.165) is 25.7 Å². The second kappa shape index (κ2) is 5.64. The number of amides is 1. The van der Waals surface area contributed by atoms with Crippen molar-refractivity contribution >= 4 is 5.91 Å². The van der Waals surface area contributed by atoms with Gasteiger partial charge in [-0.05, 0) is 39.2 Å². The number of nitrogens with two attached hydrogens (primary N) is 1. The summed E-state index contributed by atoms with van der Waals surface area (Å²) in [6, 6.07) is 0. The fourth-order valence-electron chi connectivity index (χ4n) is 2.13. The molecule has 0 heterocycles. The molecule has 2 unspecified atom stereocenters. The number of hydrogen-bond donors (Lipinski definition) is 2. The highest BCUT2D eigenvalue weighted by molar-refractivity contribution is 5.85. The van der Waals surface area contributed by atoms with Gasteiger partial charge >= 0.3 is 0 Å². The first-order valence-corrected chi connectivity index (χ1v) is 6.17. The zero-order chi connectivity index (χ0) is 12.2. The molecule has 4 nitrogen and oxygen atoms in total. The molecule has 94 valence electrons. The number of hydrogen-bond acceptors (Lipinski definition) is 3. The lowest BCUT2D eigenvalue weighted by atomic mass is 9.93. The van der Waals surface area contributed by atoms with Gasteiger partial charge < -0.3 is 15.8 Å². The van der Waals surface area contributed by atoms with Crippen molar-refractivity contribution in [3.63, 3.8) is 0 Å². The molecule has 0 aromatic heterocycles. The summed E-state index contributed by atoms with van der Waals surface area (Å²) in [5.41, 5.74) is 4.85. The fraction of sp³-hybridized carbons (Fsp3) is 0.917. The Kier molecular flexibility index (Phi) is 4.74. The van der Waals surface area contributed by atoms with Gasteiger partial charge in [0, 0.05) is 0 Å². The van der Waals surface area contributed by atoms with Gasteiger partial charge in [-0.2, -0.15) is 0 Å². The molecule has 0 aliphatic heterocycles. The number of rotatable bonds is 8. The van der Waals surface area contributed by atoms with Crippen molar-refractivity contribution in [1.29, 1.82) is 0 Å². The smallest absolute Gasteiger partial charge is 0.240 e. The topological polar surface area (TPSA) is 64.3 Å². The van der Waals surface area contributed by atoms with E-state index < -0.39 is 5.54 Å². The maximum atomic E-state index is 11.6. The quantitative estimate of drug-likeness (QED) is 0.652. The van der Waals surface area contributed by atoms with Crippen LogP contribution in [0.2, 0.25) is 0 Å². The van der Waals surface area contributed by atoms with E-state index in [1.165, 1.54) is 0 Å². The predicted molar refractivity (Wildman–Crippen MR) is 64.0 cm³/mol. The number of carbonyl (C=O) groups is 1. The molecule has 16 heavy (non-hydrogen) atoms. The molecule has 4 heteroatoms. The van der Waals surface area contributed by atoms with Gasteiger partial charge in [-0.1, -0.05) is 13.3 Å². The Labute approximate surface area is 97.9 Å². The second-order valence-electron chi connectivity index (χ2n) is 4.77. The molecule has 0 spiro atoms. The molecule has 0 bridgehead atoms. The van der Waals surface area contributed by atoms with Crippen LogP contribution >= 0.6 is 0 Å². The van der Waals surface area contributed by atoms with E-state index in [9.17, 15) is 4.79 Å². The molecule has 1 aliphatic carbocycles. The molecule has 1 amide bonds. The predicted octanol–water partition coefficient (Wildman–Crippen LogP) is 1.05. The minimum atomic E-state index is -0.651. The van der Waals surface area contributed by atoms with Crippen LogP contribution in [-0.4, -0.2) is 31.2 Å². The average Bonchev–Trinajstić information content (AvgIpc) is 3.04. The number of likely N-dealkylation sites (N-methyl/N-ethyl adjacent to an activating group) is 1. The Morgan fingerprint density at radius 1 is 1.62 bits per heavy atom. The van der Waals surface area contributed by atoms with E-state index in [1.54, 1.807) is 7.05 Å². The number of nitrogens with one attached hydrogen (secondary N) is 1. The van der Waals surface area contributed by atoms with E-state index in [1.807, 2.05) is 6.92 Å².